The molecular weight excluding hydrogens is 342 g/mol. The second kappa shape index (κ2) is 7.10. The van der Waals surface area contributed by atoms with Gasteiger partial charge >= 0.3 is 5.97 Å². The van der Waals surface area contributed by atoms with Gasteiger partial charge in [0, 0.05) is 18.1 Å². The lowest BCUT2D eigenvalue weighted by atomic mass is 9.95. The number of carbonyl (C=O) groups is 3. The quantitative estimate of drug-likeness (QED) is 0.793. The van der Waals surface area contributed by atoms with Gasteiger partial charge in [0.25, 0.3) is 11.8 Å². The summed E-state index contributed by atoms with van der Waals surface area (Å²) in [5.74, 6) is -1.62. The number of nitrogens with zero attached hydrogens (tertiary/aromatic N) is 1. The number of nitrogens with one attached hydrogen (secondary N) is 1. The fourth-order valence-corrected chi connectivity index (χ4v) is 4.27. The molecule has 2 aromatic heterocycles. The molecule has 0 saturated heterocycles. The van der Waals surface area contributed by atoms with Crippen LogP contribution in [0.2, 0.25) is 0 Å². The largest absolute Gasteiger partial charge is 0.451 e. The number of carbonyl (C=O) groups excluding carboxylic acids is 3. The van der Waals surface area contributed by atoms with Crippen molar-refractivity contribution in [2.45, 2.75) is 25.7 Å². The Labute approximate surface area is 148 Å². The van der Waals surface area contributed by atoms with E-state index in [4.69, 9.17) is 10.5 Å². The Morgan fingerprint density at radius 3 is 2.76 bits per heavy atom. The first kappa shape index (κ1) is 17.2. The van der Waals surface area contributed by atoms with Gasteiger partial charge in [-0.25, -0.2) is 4.79 Å². The van der Waals surface area contributed by atoms with Crippen LogP contribution < -0.4 is 11.1 Å². The third-order valence-corrected chi connectivity index (χ3v) is 5.37. The van der Waals surface area contributed by atoms with Crippen LogP contribution in [0.1, 0.15) is 44.1 Å². The van der Waals surface area contributed by atoms with Gasteiger partial charge in [0.2, 0.25) is 0 Å². The highest BCUT2D eigenvalue weighted by molar-refractivity contribution is 7.17. The maximum absolute atomic E-state index is 12.1. The lowest BCUT2D eigenvalue weighted by Gasteiger charge is -2.11. The van der Waals surface area contributed by atoms with E-state index in [0.717, 1.165) is 36.1 Å². The molecule has 0 aromatic carbocycles. The Hall–Kier alpha value is -2.61. The van der Waals surface area contributed by atoms with Crippen LogP contribution in [0.25, 0.3) is 0 Å². The smallest absolute Gasteiger partial charge is 0.355 e. The Bertz CT molecular complexity index is 837. The number of nitrogens with two attached hydrogens (primary N) is 1. The summed E-state index contributed by atoms with van der Waals surface area (Å²) in [6.45, 7) is -0.426. The number of thiophene rings is 1. The number of aromatic nitrogens is 1. The number of amides is 2. The van der Waals surface area contributed by atoms with Gasteiger partial charge in [-0.3, -0.25) is 9.59 Å². The number of aryl methyl sites for hydroxylation is 2. The van der Waals surface area contributed by atoms with Crippen molar-refractivity contribution in [1.82, 2.24) is 4.57 Å². The fraction of sp³-hybridized carbons (Fsp3) is 0.353. The molecule has 1 aliphatic rings. The molecule has 0 atom stereocenters. The highest BCUT2D eigenvalue weighted by atomic mass is 32.1. The number of ether oxygens (including phenoxy) is 1. The number of anilines is 1. The van der Waals surface area contributed by atoms with Crippen molar-refractivity contribution in [1.29, 1.82) is 0 Å². The van der Waals surface area contributed by atoms with Crippen molar-refractivity contribution < 1.29 is 19.1 Å². The van der Waals surface area contributed by atoms with Crippen LogP contribution in [-0.2, 0) is 29.4 Å². The maximum atomic E-state index is 12.1. The first-order valence-electron chi connectivity index (χ1n) is 8.00. The van der Waals surface area contributed by atoms with E-state index in [-0.39, 0.29) is 0 Å². The monoisotopic (exact) mass is 361 g/mol. The zero-order chi connectivity index (χ0) is 18.0. The van der Waals surface area contributed by atoms with Crippen LogP contribution >= 0.6 is 11.3 Å². The molecule has 2 heterocycles. The van der Waals surface area contributed by atoms with E-state index in [1.54, 1.807) is 29.9 Å². The molecule has 0 fully saturated rings. The summed E-state index contributed by atoms with van der Waals surface area (Å²) in [5.41, 5.74) is 7.18. The average Bonchev–Trinajstić information content (AvgIpc) is 3.15. The minimum atomic E-state index is -0.580. The van der Waals surface area contributed by atoms with Crippen LogP contribution in [0.3, 0.4) is 0 Å². The summed E-state index contributed by atoms with van der Waals surface area (Å²) in [6, 6.07) is 3.32. The van der Waals surface area contributed by atoms with Crippen LogP contribution in [-0.4, -0.2) is 29.0 Å². The van der Waals surface area contributed by atoms with Gasteiger partial charge in [-0.2, -0.15) is 0 Å². The second-order valence-corrected chi connectivity index (χ2v) is 7.01. The van der Waals surface area contributed by atoms with Gasteiger partial charge < -0.3 is 20.4 Å². The summed E-state index contributed by atoms with van der Waals surface area (Å²) < 4.78 is 6.63. The van der Waals surface area contributed by atoms with Crippen LogP contribution in [0.5, 0.6) is 0 Å². The summed E-state index contributed by atoms with van der Waals surface area (Å²) in [4.78, 5) is 36.9. The molecule has 3 N–H and O–H groups in total. The summed E-state index contributed by atoms with van der Waals surface area (Å²) in [5, 5.41) is 3.10. The van der Waals surface area contributed by atoms with E-state index < -0.39 is 24.4 Å². The number of esters is 1. The third-order valence-electron chi connectivity index (χ3n) is 4.16. The molecular formula is C17H19N3O4S. The summed E-state index contributed by atoms with van der Waals surface area (Å²) >= 11 is 1.38. The number of hydrogen-bond donors (Lipinski definition) is 2. The standard InChI is InChI=1S/C17H19N3O4S/c1-20-8-4-6-11(20)17(23)24-9-13(21)19-16-14(15(18)22)10-5-2-3-7-12(10)25-16/h4,6,8H,2-3,5,7,9H2,1H3,(H2,18,22)(H,19,21). The fourth-order valence-electron chi connectivity index (χ4n) is 2.96. The zero-order valence-corrected chi connectivity index (χ0v) is 14.6. The van der Waals surface area contributed by atoms with Gasteiger partial charge in [-0.15, -0.1) is 11.3 Å². The third kappa shape index (κ3) is 3.58. The molecule has 1 aliphatic carbocycles. The van der Waals surface area contributed by atoms with Crippen molar-refractivity contribution in [2.75, 3.05) is 11.9 Å². The summed E-state index contributed by atoms with van der Waals surface area (Å²) in [7, 11) is 1.71. The first-order valence-corrected chi connectivity index (χ1v) is 8.81. The van der Waals surface area contributed by atoms with Crippen LogP contribution in [0, 0.1) is 0 Å². The highest BCUT2D eigenvalue weighted by Gasteiger charge is 2.25. The van der Waals surface area contributed by atoms with Gasteiger partial charge in [0.05, 0.1) is 5.56 Å². The van der Waals surface area contributed by atoms with Crippen LogP contribution in [0.15, 0.2) is 18.3 Å². The predicted octanol–water partition coefficient (Wildman–Crippen LogP) is 1.86. The lowest BCUT2D eigenvalue weighted by Crippen LogP contribution is -2.23. The van der Waals surface area contributed by atoms with Crippen molar-refractivity contribution in [3.8, 4) is 0 Å². The second-order valence-electron chi connectivity index (χ2n) is 5.91. The van der Waals surface area contributed by atoms with Crippen molar-refractivity contribution in [3.05, 3.63) is 40.0 Å². The number of fused-ring (bicyclic) bond motifs is 1. The SMILES string of the molecule is Cn1cccc1C(=O)OCC(=O)Nc1sc2c(c1C(N)=O)CCCC2. The minimum absolute atomic E-state index is 0.359. The van der Waals surface area contributed by atoms with E-state index in [0.29, 0.717) is 16.3 Å². The molecule has 2 aromatic rings. The minimum Gasteiger partial charge on any atom is -0.451 e. The van der Waals surface area contributed by atoms with Gasteiger partial charge in [-0.1, -0.05) is 0 Å². The van der Waals surface area contributed by atoms with E-state index in [1.807, 2.05) is 0 Å². The number of hydrogen-bond acceptors (Lipinski definition) is 5. The molecule has 0 unspecified atom stereocenters. The highest BCUT2D eigenvalue weighted by Crippen LogP contribution is 2.37. The Morgan fingerprint density at radius 2 is 2.08 bits per heavy atom. The molecule has 7 nitrogen and oxygen atoms in total. The van der Waals surface area contributed by atoms with E-state index in [9.17, 15) is 14.4 Å². The van der Waals surface area contributed by atoms with E-state index in [1.165, 1.54) is 11.3 Å². The molecule has 0 spiro atoms. The Balaban J connectivity index is 1.67. The molecule has 0 radical (unpaired) electrons. The number of rotatable bonds is 5. The zero-order valence-electron chi connectivity index (χ0n) is 13.8. The molecule has 0 aliphatic heterocycles. The van der Waals surface area contributed by atoms with Gasteiger partial charge in [0.15, 0.2) is 6.61 Å². The average molecular weight is 361 g/mol. The number of primary amides is 1. The Morgan fingerprint density at radius 1 is 1.32 bits per heavy atom. The molecule has 8 heteroatoms. The van der Waals surface area contributed by atoms with Crippen molar-refractivity contribution in [2.24, 2.45) is 12.8 Å². The predicted molar refractivity (Wildman–Crippen MR) is 93.8 cm³/mol. The maximum Gasteiger partial charge on any atom is 0.355 e. The van der Waals surface area contributed by atoms with Gasteiger partial charge in [-0.05, 0) is 43.4 Å². The van der Waals surface area contributed by atoms with Crippen LogP contribution in [0.4, 0.5) is 5.00 Å². The van der Waals surface area contributed by atoms with E-state index >= 15 is 0 Å². The molecule has 0 saturated carbocycles. The first-order chi connectivity index (χ1) is 12.0. The molecule has 2 amide bonds. The normalized spacial score (nSPS) is 13.2. The molecule has 132 valence electrons. The van der Waals surface area contributed by atoms with E-state index in [2.05, 4.69) is 5.32 Å². The van der Waals surface area contributed by atoms with Gasteiger partial charge in [0.1, 0.15) is 10.7 Å². The molecule has 25 heavy (non-hydrogen) atoms. The topological polar surface area (TPSA) is 103 Å². The molecule has 0 bridgehead atoms. The van der Waals surface area contributed by atoms with Crippen molar-refractivity contribution >= 4 is 34.1 Å². The summed E-state index contributed by atoms with van der Waals surface area (Å²) in [6.07, 6.45) is 5.46. The van der Waals surface area contributed by atoms with Crippen molar-refractivity contribution in [3.63, 3.8) is 0 Å². The molecule has 3 rings (SSSR count). The Kier molecular flexibility index (Phi) is 4.89. The lowest BCUT2D eigenvalue weighted by molar-refractivity contribution is -0.119.